The zero-order chi connectivity index (χ0) is 15.7. The summed E-state index contributed by atoms with van der Waals surface area (Å²) in [6.07, 6.45) is 0.855. The van der Waals surface area contributed by atoms with Crippen LogP contribution in [0, 0.1) is 0 Å². The molecule has 2 aromatic carbocycles. The molecule has 0 atom stereocenters. The second-order valence-electron chi connectivity index (χ2n) is 4.79. The summed E-state index contributed by atoms with van der Waals surface area (Å²) >= 11 is 12.0. The number of hydrogen-bond donors (Lipinski definition) is 2. The second-order valence-corrected chi connectivity index (χ2v) is 5.57. The van der Waals surface area contributed by atoms with E-state index in [1.165, 1.54) is 0 Å². The van der Waals surface area contributed by atoms with Crippen LogP contribution >= 0.6 is 23.2 Å². The molecule has 0 aliphatic rings. The van der Waals surface area contributed by atoms with Gasteiger partial charge in [0.2, 0.25) is 5.88 Å². The van der Waals surface area contributed by atoms with Crippen molar-refractivity contribution in [2.24, 2.45) is 10.2 Å². The van der Waals surface area contributed by atoms with Crippen molar-refractivity contribution in [2.45, 2.75) is 13.3 Å². The third-order valence-electron chi connectivity index (χ3n) is 3.44. The van der Waals surface area contributed by atoms with Gasteiger partial charge in [0.15, 0.2) is 5.69 Å². The summed E-state index contributed by atoms with van der Waals surface area (Å²) in [6, 6.07) is 11.0. The quantitative estimate of drug-likeness (QED) is 0.554. The number of nitrogens with zero attached hydrogens (tertiary/aromatic N) is 2. The molecule has 6 heteroatoms. The molecular weight excluding hydrogens is 321 g/mol. The van der Waals surface area contributed by atoms with Gasteiger partial charge in [-0.05, 0) is 24.1 Å². The van der Waals surface area contributed by atoms with Crippen LogP contribution in [0.3, 0.4) is 0 Å². The van der Waals surface area contributed by atoms with Gasteiger partial charge < -0.3 is 10.1 Å². The molecule has 2 N–H and O–H groups in total. The lowest BCUT2D eigenvalue weighted by molar-refractivity contribution is 0.459. The minimum atomic E-state index is -0.0159. The third-order valence-corrected chi connectivity index (χ3v) is 4.25. The number of aromatic nitrogens is 1. The predicted molar refractivity (Wildman–Crippen MR) is 90.0 cm³/mol. The molecule has 22 heavy (non-hydrogen) atoms. The summed E-state index contributed by atoms with van der Waals surface area (Å²) in [5.41, 5.74) is 2.82. The summed E-state index contributed by atoms with van der Waals surface area (Å²) in [5.74, 6) is -0.0159. The van der Waals surface area contributed by atoms with Gasteiger partial charge in [0.05, 0.1) is 15.6 Å². The van der Waals surface area contributed by atoms with Crippen LogP contribution < -0.4 is 0 Å². The molecule has 0 bridgehead atoms. The van der Waals surface area contributed by atoms with Gasteiger partial charge in [-0.2, -0.15) is 0 Å². The Morgan fingerprint density at radius 2 is 1.86 bits per heavy atom. The molecule has 0 amide bonds. The number of aryl methyl sites for hydroxylation is 1. The van der Waals surface area contributed by atoms with E-state index in [9.17, 15) is 5.11 Å². The van der Waals surface area contributed by atoms with Crippen molar-refractivity contribution in [1.29, 1.82) is 0 Å². The topological polar surface area (TPSA) is 60.7 Å². The molecule has 4 nitrogen and oxygen atoms in total. The van der Waals surface area contributed by atoms with Crippen molar-refractivity contribution < 1.29 is 5.11 Å². The van der Waals surface area contributed by atoms with E-state index in [0.717, 1.165) is 22.9 Å². The molecule has 0 saturated heterocycles. The van der Waals surface area contributed by atoms with Crippen molar-refractivity contribution in [1.82, 2.24) is 4.98 Å². The Morgan fingerprint density at radius 3 is 2.64 bits per heavy atom. The number of hydrogen-bond acceptors (Lipinski definition) is 3. The van der Waals surface area contributed by atoms with Crippen molar-refractivity contribution >= 4 is 45.5 Å². The maximum atomic E-state index is 10.1. The van der Waals surface area contributed by atoms with E-state index in [2.05, 4.69) is 22.1 Å². The number of rotatable bonds is 3. The van der Waals surface area contributed by atoms with Crippen molar-refractivity contribution in [2.75, 3.05) is 0 Å². The van der Waals surface area contributed by atoms with Gasteiger partial charge in [-0.15, -0.1) is 10.2 Å². The van der Waals surface area contributed by atoms with Crippen LogP contribution in [0.4, 0.5) is 11.4 Å². The minimum Gasteiger partial charge on any atom is -0.493 e. The Morgan fingerprint density at radius 1 is 1.09 bits per heavy atom. The van der Waals surface area contributed by atoms with E-state index in [0.29, 0.717) is 21.4 Å². The first kappa shape index (κ1) is 14.9. The molecule has 0 radical (unpaired) electrons. The highest BCUT2D eigenvalue weighted by molar-refractivity contribution is 6.43. The molecule has 0 unspecified atom stereocenters. The number of para-hydroxylation sites is 1. The fourth-order valence-electron chi connectivity index (χ4n) is 2.32. The van der Waals surface area contributed by atoms with Crippen LogP contribution in [0.25, 0.3) is 10.9 Å². The molecule has 3 aromatic rings. The van der Waals surface area contributed by atoms with Gasteiger partial charge in [-0.25, -0.2) is 0 Å². The monoisotopic (exact) mass is 333 g/mol. The summed E-state index contributed by atoms with van der Waals surface area (Å²) in [6.45, 7) is 2.06. The number of fused-ring (bicyclic) bond motifs is 1. The summed E-state index contributed by atoms with van der Waals surface area (Å²) in [7, 11) is 0. The number of benzene rings is 2. The number of nitrogens with one attached hydrogen (secondary N) is 1. The SMILES string of the molecule is CCc1cccc2c(N=Nc3cccc(Cl)c3Cl)c(O)[nH]c12. The van der Waals surface area contributed by atoms with Crippen molar-refractivity contribution in [3.63, 3.8) is 0 Å². The normalized spacial score (nSPS) is 11.6. The van der Waals surface area contributed by atoms with Crippen LogP contribution in [0.2, 0.25) is 10.0 Å². The molecule has 3 rings (SSSR count). The summed E-state index contributed by atoms with van der Waals surface area (Å²) < 4.78 is 0. The van der Waals surface area contributed by atoms with Crippen LogP contribution in [-0.4, -0.2) is 10.1 Å². The fourth-order valence-corrected chi connectivity index (χ4v) is 2.65. The zero-order valence-corrected chi connectivity index (χ0v) is 13.3. The number of azo groups is 1. The van der Waals surface area contributed by atoms with Crippen LogP contribution in [0.15, 0.2) is 46.6 Å². The molecule has 1 heterocycles. The molecule has 0 spiro atoms. The Labute approximate surface area is 137 Å². The smallest absolute Gasteiger partial charge is 0.218 e. The van der Waals surface area contributed by atoms with E-state index in [4.69, 9.17) is 23.2 Å². The highest BCUT2D eigenvalue weighted by atomic mass is 35.5. The molecule has 0 fully saturated rings. The lowest BCUT2D eigenvalue weighted by atomic mass is 10.1. The molecule has 1 aromatic heterocycles. The molecular formula is C16H13Cl2N3O. The Bertz CT molecular complexity index is 871. The number of H-pyrrole nitrogens is 1. The van der Waals surface area contributed by atoms with Gasteiger partial charge in [-0.1, -0.05) is 54.4 Å². The maximum absolute atomic E-state index is 10.1. The van der Waals surface area contributed by atoms with Gasteiger partial charge in [0.1, 0.15) is 5.69 Å². The Hall–Kier alpha value is -2.04. The molecule has 112 valence electrons. The first-order valence-corrected chi connectivity index (χ1v) is 7.55. The van der Waals surface area contributed by atoms with Crippen LogP contribution in [0.5, 0.6) is 5.88 Å². The molecule has 0 aliphatic heterocycles. The minimum absolute atomic E-state index is 0.0159. The fraction of sp³-hybridized carbons (Fsp3) is 0.125. The molecule has 0 aliphatic carbocycles. The first-order valence-electron chi connectivity index (χ1n) is 6.80. The first-order chi connectivity index (χ1) is 10.6. The molecule has 0 saturated carbocycles. The Balaban J connectivity index is 2.09. The van der Waals surface area contributed by atoms with E-state index in [-0.39, 0.29) is 5.88 Å². The standard InChI is InChI=1S/C16H13Cl2N3O/c1-2-9-5-3-6-10-14(9)19-16(22)15(10)21-20-12-8-4-7-11(17)13(12)18/h3-8,19,22H,2H2,1H3. The van der Waals surface area contributed by atoms with E-state index in [1.807, 2.05) is 18.2 Å². The predicted octanol–water partition coefficient (Wildman–Crippen LogP) is 6.16. The van der Waals surface area contributed by atoms with Crippen molar-refractivity contribution in [3.8, 4) is 5.88 Å². The number of aromatic hydroxyl groups is 1. The maximum Gasteiger partial charge on any atom is 0.218 e. The van der Waals surface area contributed by atoms with Crippen molar-refractivity contribution in [3.05, 3.63) is 52.0 Å². The highest BCUT2D eigenvalue weighted by Crippen LogP contribution is 2.39. The zero-order valence-electron chi connectivity index (χ0n) is 11.8. The number of aromatic amines is 1. The average molecular weight is 334 g/mol. The summed E-state index contributed by atoms with van der Waals surface area (Å²) in [4.78, 5) is 2.95. The van der Waals surface area contributed by atoms with Gasteiger partial charge in [0.25, 0.3) is 0 Å². The van der Waals surface area contributed by atoms with Gasteiger partial charge in [0, 0.05) is 5.39 Å². The van der Waals surface area contributed by atoms with Gasteiger partial charge in [-0.3, -0.25) is 0 Å². The average Bonchev–Trinajstić information content (AvgIpc) is 2.84. The number of halogens is 2. The van der Waals surface area contributed by atoms with Gasteiger partial charge >= 0.3 is 0 Å². The lowest BCUT2D eigenvalue weighted by Crippen LogP contribution is -1.80. The lowest BCUT2D eigenvalue weighted by Gasteiger charge is -1.99. The highest BCUT2D eigenvalue weighted by Gasteiger charge is 2.13. The van der Waals surface area contributed by atoms with Crippen LogP contribution in [0.1, 0.15) is 12.5 Å². The van der Waals surface area contributed by atoms with E-state index >= 15 is 0 Å². The van der Waals surface area contributed by atoms with E-state index < -0.39 is 0 Å². The third kappa shape index (κ3) is 2.56. The summed E-state index contributed by atoms with van der Waals surface area (Å²) in [5, 5.41) is 19.9. The second kappa shape index (κ2) is 5.99. The van der Waals surface area contributed by atoms with E-state index in [1.54, 1.807) is 18.2 Å². The largest absolute Gasteiger partial charge is 0.493 e. The Kier molecular flexibility index (Phi) is 4.05. The van der Waals surface area contributed by atoms with Crippen LogP contribution in [-0.2, 0) is 6.42 Å².